The molecule has 22 heteroatoms. The Morgan fingerprint density at radius 1 is 0.508 bits per heavy atom. The summed E-state index contributed by atoms with van der Waals surface area (Å²) in [6.45, 7) is 1.32. The molecule has 0 radical (unpaired) electrons. The van der Waals surface area contributed by atoms with Gasteiger partial charge in [0.2, 0.25) is 0 Å². The molecule has 0 heterocycles. The molecule has 0 aromatic heterocycles. The van der Waals surface area contributed by atoms with E-state index in [1.165, 1.54) is 0 Å². The number of ether oxygens (including phenoxy) is 6. The first-order valence-corrected chi connectivity index (χ1v) is 23.6. The summed E-state index contributed by atoms with van der Waals surface area (Å²) in [5, 5.41) is 0. The molecule has 5 N–H and O–H groups in total. The van der Waals surface area contributed by atoms with E-state index >= 15 is 0 Å². The van der Waals surface area contributed by atoms with Gasteiger partial charge in [0.1, 0.15) is 17.2 Å². The van der Waals surface area contributed by atoms with Crippen LogP contribution in [0.3, 0.4) is 0 Å². The third kappa shape index (κ3) is 18.8. The predicted octanol–water partition coefficient (Wildman–Crippen LogP) is 7.39. The van der Waals surface area contributed by atoms with Crippen molar-refractivity contribution in [3.8, 4) is 17.2 Å². The van der Waals surface area contributed by atoms with Crippen LogP contribution in [0, 0.1) is 5.92 Å². The van der Waals surface area contributed by atoms with Gasteiger partial charge >= 0.3 is 18.5 Å². The SMILES string of the molecule is CCCCCCCCCCC(CCOC(=O)Oc1ccc(S(=O)(=O)O)cc1)C(N)(CCOC(=O)Oc1ccc(S(=O)(=O)O)cc1)CCOC(=O)Oc1ccc(S(=O)(=O)O)cc1. The molecule has 3 aromatic carbocycles. The maximum absolute atomic E-state index is 12.6. The van der Waals surface area contributed by atoms with Crippen LogP contribution in [-0.4, -0.2) is 82.7 Å². The first-order chi connectivity index (χ1) is 28.7. The van der Waals surface area contributed by atoms with Crippen molar-refractivity contribution < 1.29 is 81.7 Å². The van der Waals surface area contributed by atoms with E-state index < -0.39 is 75.0 Å². The molecule has 1 unspecified atom stereocenters. The van der Waals surface area contributed by atoms with Gasteiger partial charge < -0.3 is 34.2 Å². The van der Waals surface area contributed by atoms with Crippen LogP contribution in [0.1, 0.15) is 84.0 Å². The van der Waals surface area contributed by atoms with Gasteiger partial charge in [-0.3, -0.25) is 13.7 Å². The average molecular weight is 918 g/mol. The Kier molecular flexibility index (Phi) is 19.8. The summed E-state index contributed by atoms with van der Waals surface area (Å²) in [6, 6.07) is 13.0. The number of unbranched alkanes of at least 4 members (excludes halogenated alkanes) is 7. The van der Waals surface area contributed by atoms with Crippen molar-refractivity contribution in [1.29, 1.82) is 0 Å². The van der Waals surface area contributed by atoms with E-state index in [-0.39, 0.29) is 56.3 Å². The maximum atomic E-state index is 12.6. The van der Waals surface area contributed by atoms with Gasteiger partial charge in [0.25, 0.3) is 30.4 Å². The molecule has 61 heavy (non-hydrogen) atoms. The summed E-state index contributed by atoms with van der Waals surface area (Å²) in [5.74, 6) is -0.670. The van der Waals surface area contributed by atoms with Crippen LogP contribution >= 0.6 is 0 Å². The molecule has 0 saturated carbocycles. The number of carbonyl (C=O) groups is 3. The number of carbonyl (C=O) groups excluding carboxylic acids is 3. The fraction of sp³-hybridized carbons (Fsp3) is 0.462. The lowest BCUT2D eigenvalue weighted by Gasteiger charge is -2.38. The van der Waals surface area contributed by atoms with Crippen LogP contribution in [0.15, 0.2) is 87.5 Å². The van der Waals surface area contributed by atoms with E-state index in [1.54, 1.807) is 0 Å². The highest BCUT2D eigenvalue weighted by Gasteiger charge is 2.35. The zero-order valence-corrected chi connectivity index (χ0v) is 35.8. The van der Waals surface area contributed by atoms with Gasteiger partial charge in [0, 0.05) is 18.4 Å². The highest BCUT2D eigenvalue weighted by molar-refractivity contribution is 7.86. The predicted molar refractivity (Wildman–Crippen MR) is 216 cm³/mol. The summed E-state index contributed by atoms with van der Waals surface area (Å²) in [4.78, 5) is 36.6. The summed E-state index contributed by atoms with van der Waals surface area (Å²) in [5.41, 5.74) is 5.80. The largest absolute Gasteiger partial charge is 0.513 e. The van der Waals surface area contributed by atoms with Gasteiger partial charge in [-0.25, -0.2) is 14.4 Å². The minimum absolute atomic E-state index is 0.0223. The number of nitrogens with two attached hydrogens (primary N) is 1. The van der Waals surface area contributed by atoms with Crippen molar-refractivity contribution in [2.45, 2.75) is 104 Å². The minimum Gasteiger partial charge on any atom is -0.434 e. The molecule has 0 amide bonds. The summed E-state index contributed by atoms with van der Waals surface area (Å²) >= 11 is 0. The minimum atomic E-state index is -4.48. The summed E-state index contributed by atoms with van der Waals surface area (Å²) < 4.78 is 127. The van der Waals surface area contributed by atoms with Gasteiger partial charge in [-0.05, 0) is 91.6 Å². The number of benzene rings is 3. The second-order valence-electron chi connectivity index (χ2n) is 13.9. The molecular weight excluding hydrogens is 867 g/mol. The Balaban J connectivity index is 1.73. The molecule has 0 spiro atoms. The number of hydrogen-bond donors (Lipinski definition) is 4. The first kappa shape index (κ1) is 50.5. The van der Waals surface area contributed by atoms with Crippen LogP contribution in [-0.2, 0) is 44.6 Å². The fourth-order valence-electron chi connectivity index (χ4n) is 6.13. The Bertz CT molecular complexity index is 2100. The van der Waals surface area contributed by atoms with E-state index in [2.05, 4.69) is 6.92 Å². The highest BCUT2D eigenvalue weighted by Crippen LogP contribution is 2.32. The van der Waals surface area contributed by atoms with Crippen molar-refractivity contribution in [2.75, 3.05) is 19.8 Å². The molecule has 0 saturated heterocycles. The second-order valence-corrected chi connectivity index (χ2v) is 18.2. The van der Waals surface area contributed by atoms with Gasteiger partial charge in [0.15, 0.2) is 0 Å². The van der Waals surface area contributed by atoms with Gasteiger partial charge in [-0.2, -0.15) is 25.3 Å². The van der Waals surface area contributed by atoms with E-state index in [0.717, 1.165) is 118 Å². The molecule has 0 fully saturated rings. The van der Waals surface area contributed by atoms with E-state index in [9.17, 15) is 53.3 Å². The third-order valence-corrected chi connectivity index (χ3v) is 12.1. The van der Waals surface area contributed by atoms with Crippen molar-refractivity contribution in [3.05, 3.63) is 72.8 Å². The number of rotatable bonds is 25. The van der Waals surface area contributed by atoms with E-state index in [4.69, 9.17) is 34.2 Å². The smallest absolute Gasteiger partial charge is 0.434 e. The normalized spacial score (nSPS) is 12.5. The molecule has 0 bridgehead atoms. The Morgan fingerprint density at radius 2 is 0.820 bits per heavy atom. The third-order valence-electron chi connectivity index (χ3n) is 9.45. The molecule has 19 nitrogen and oxygen atoms in total. The number of hydrogen-bond acceptors (Lipinski definition) is 16. The van der Waals surface area contributed by atoms with Crippen molar-refractivity contribution in [2.24, 2.45) is 11.7 Å². The van der Waals surface area contributed by atoms with E-state index in [0.29, 0.717) is 12.8 Å². The highest BCUT2D eigenvalue weighted by atomic mass is 32.2. The van der Waals surface area contributed by atoms with Crippen molar-refractivity contribution in [3.63, 3.8) is 0 Å². The van der Waals surface area contributed by atoms with Crippen molar-refractivity contribution >= 4 is 48.8 Å². The fourth-order valence-corrected chi connectivity index (χ4v) is 7.57. The Morgan fingerprint density at radius 3 is 1.15 bits per heavy atom. The molecule has 0 aliphatic heterocycles. The molecule has 3 aromatic rings. The zero-order chi connectivity index (χ0) is 45.1. The lowest BCUT2D eigenvalue weighted by Crippen LogP contribution is -2.50. The summed E-state index contributed by atoms with van der Waals surface area (Å²) in [7, 11) is -13.4. The van der Waals surface area contributed by atoms with Crippen LogP contribution < -0.4 is 19.9 Å². The van der Waals surface area contributed by atoms with Crippen LogP contribution in [0.2, 0.25) is 0 Å². The van der Waals surface area contributed by atoms with Crippen LogP contribution in [0.5, 0.6) is 17.2 Å². The zero-order valence-electron chi connectivity index (χ0n) is 33.4. The topological polar surface area (TPSA) is 296 Å². The van der Waals surface area contributed by atoms with Gasteiger partial charge in [-0.1, -0.05) is 58.3 Å². The quantitative estimate of drug-likeness (QED) is 0.0212. The molecule has 338 valence electrons. The van der Waals surface area contributed by atoms with Crippen LogP contribution in [0.25, 0.3) is 0 Å². The maximum Gasteiger partial charge on any atom is 0.513 e. The first-order valence-electron chi connectivity index (χ1n) is 19.2. The lowest BCUT2D eigenvalue weighted by atomic mass is 9.75. The second kappa shape index (κ2) is 24.0. The molecule has 0 aliphatic rings. The standard InChI is InChI=1S/C39H51NO18S3/c1-2-3-4-5-6-7-8-9-10-29(23-26-53-36(41)56-30-11-17-33(18-12-30)59(44,45)46)39(40,24-27-54-37(42)57-31-13-19-34(20-14-31)60(47,48)49)25-28-55-38(43)58-32-15-21-35(22-16-32)61(50,51)52/h11-22,29H,2-10,23-28,40H2,1H3,(H,44,45,46)(H,47,48,49)(H,50,51,52). The van der Waals surface area contributed by atoms with Crippen molar-refractivity contribution in [1.82, 2.24) is 0 Å². The Labute approximate surface area is 355 Å². The summed E-state index contributed by atoms with van der Waals surface area (Å²) in [6.07, 6.45) is 5.31. The average Bonchev–Trinajstić information content (AvgIpc) is 3.17. The van der Waals surface area contributed by atoms with E-state index in [1.807, 2.05) is 0 Å². The Hall–Kier alpha value is -4.84. The van der Waals surface area contributed by atoms with Gasteiger partial charge in [0.05, 0.1) is 34.5 Å². The molecule has 3 rings (SSSR count). The molecule has 0 aliphatic carbocycles. The monoisotopic (exact) mass is 917 g/mol. The molecular formula is C39H51NO18S3. The molecule has 1 atom stereocenters. The lowest BCUT2D eigenvalue weighted by molar-refractivity contribution is 0.0542. The van der Waals surface area contributed by atoms with Gasteiger partial charge in [-0.15, -0.1) is 0 Å². The van der Waals surface area contributed by atoms with Crippen LogP contribution in [0.4, 0.5) is 14.4 Å².